The van der Waals surface area contributed by atoms with Crippen LogP contribution in [-0.4, -0.2) is 37.0 Å². The minimum absolute atomic E-state index is 0.0496. The zero-order chi connectivity index (χ0) is 26.2. The summed E-state index contributed by atoms with van der Waals surface area (Å²) in [6.07, 6.45) is 0.713. The minimum atomic E-state index is -2.06. The number of fused-ring (bicyclic) bond motifs is 1. The molecule has 192 valence electrons. The molecule has 35 heavy (non-hydrogen) atoms. The van der Waals surface area contributed by atoms with Gasteiger partial charge in [-0.05, 0) is 67.4 Å². The predicted octanol–water partition coefficient (Wildman–Crippen LogP) is 5.73. The van der Waals surface area contributed by atoms with Gasteiger partial charge in [-0.3, -0.25) is 4.79 Å². The van der Waals surface area contributed by atoms with E-state index in [1.54, 1.807) is 18.2 Å². The third-order valence-corrected chi connectivity index (χ3v) is 11.7. The second-order valence-corrected chi connectivity index (χ2v) is 16.3. The quantitative estimate of drug-likeness (QED) is 0.356. The number of methoxy groups -OCH3 is 1. The first-order valence-electron chi connectivity index (χ1n) is 12.2. The van der Waals surface area contributed by atoms with Crippen LogP contribution in [0.1, 0.15) is 79.8 Å². The second kappa shape index (κ2) is 10.0. The van der Waals surface area contributed by atoms with Gasteiger partial charge in [0.1, 0.15) is 17.1 Å². The maximum atomic E-state index is 13.3. The molecule has 0 fully saturated rings. The molecule has 0 spiro atoms. The lowest BCUT2D eigenvalue weighted by Gasteiger charge is -2.44. The predicted molar refractivity (Wildman–Crippen MR) is 140 cm³/mol. The van der Waals surface area contributed by atoms with Crippen molar-refractivity contribution < 1.29 is 28.9 Å². The number of benzene rings is 2. The Morgan fingerprint density at radius 2 is 1.83 bits per heavy atom. The molecule has 0 saturated heterocycles. The third-order valence-electron chi connectivity index (χ3n) is 7.26. The van der Waals surface area contributed by atoms with Gasteiger partial charge in [-0.15, -0.1) is 0 Å². The van der Waals surface area contributed by atoms with Gasteiger partial charge in [-0.1, -0.05) is 26.8 Å². The van der Waals surface area contributed by atoms with Crippen LogP contribution in [0.25, 0.3) is 0 Å². The van der Waals surface area contributed by atoms with Crippen LogP contribution >= 0.6 is 0 Å². The van der Waals surface area contributed by atoms with Crippen LogP contribution < -0.4 is 9.47 Å². The molecule has 0 bridgehead atoms. The van der Waals surface area contributed by atoms with Crippen LogP contribution in [0, 0.1) is 0 Å². The van der Waals surface area contributed by atoms with Gasteiger partial charge in [-0.25, -0.2) is 0 Å². The Bertz CT molecular complexity index is 1060. The number of ketones is 1. The molecule has 0 saturated carbocycles. The van der Waals surface area contributed by atoms with Gasteiger partial charge in [0.2, 0.25) is 0 Å². The van der Waals surface area contributed by atoms with Crippen LogP contribution in [0.5, 0.6) is 11.5 Å². The molecular formula is C28H40O6Si. The van der Waals surface area contributed by atoms with E-state index >= 15 is 0 Å². The standard InChI is InChI=1S/C28H40O6Si/c1-27(2,3)35(7,8)34-26-15-28(4,5)33-24-10-9-19(14-21(24)26)23(31)12-18-11-20(16-29)22(17-30)25(13-18)32-6/h9-11,13-14,26,29-30H,12,15-17H2,1-8H3. The van der Waals surface area contributed by atoms with E-state index in [-0.39, 0.29) is 42.2 Å². The molecule has 6 nitrogen and oxygen atoms in total. The highest BCUT2D eigenvalue weighted by atomic mass is 28.4. The number of rotatable bonds is 8. The summed E-state index contributed by atoms with van der Waals surface area (Å²) in [5.74, 6) is 1.18. The molecule has 7 heteroatoms. The van der Waals surface area contributed by atoms with Gasteiger partial charge in [0.25, 0.3) is 0 Å². The average molecular weight is 501 g/mol. The van der Waals surface area contributed by atoms with Crippen molar-refractivity contribution in [2.24, 2.45) is 0 Å². The summed E-state index contributed by atoms with van der Waals surface area (Å²) in [5.41, 5.74) is 2.95. The Labute approximate surface area is 210 Å². The van der Waals surface area contributed by atoms with E-state index < -0.39 is 8.32 Å². The first kappa shape index (κ1) is 27.4. The summed E-state index contributed by atoms with van der Waals surface area (Å²) in [6.45, 7) is 14.8. The molecule has 1 aliphatic heterocycles. The molecule has 2 N–H and O–H groups in total. The van der Waals surface area contributed by atoms with Crippen molar-refractivity contribution in [2.75, 3.05) is 7.11 Å². The summed E-state index contributed by atoms with van der Waals surface area (Å²) in [4.78, 5) is 13.3. The fraction of sp³-hybridized carbons (Fsp3) is 0.536. The number of hydrogen-bond acceptors (Lipinski definition) is 6. The Hall–Kier alpha value is -2.19. The molecule has 0 radical (unpaired) electrons. The Balaban J connectivity index is 1.94. The van der Waals surface area contributed by atoms with Gasteiger partial charge in [0.15, 0.2) is 14.1 Å². The number of Topliss-reactive ketones (excluding diaryl/α,β-unsaturated/α-hetero) is 1. The first-order chi connectivity index (χ1) is 16.2. The van der Waals surface area contributed by atoms with E-state index in [0.717, 1.165) is 16.9 Å². The SMILES string of the molecule is COc1cc(CC(=O)c2ccc3c(c2)C(O[Si](C)(C)C(C)(C)C)CC(C)(C)O3)cc(CO)c1CO. The van der Waals surface area contributed by atoms with Gasteiger partial charge in [-0.2, -0.15) is 0 Å². The molecule has 1 aliphatic rings. The maximum absolute atomic E-state index is 13.3. The van der Waals surface area contributed by atoms with Crippen LogP contribution in [-0.2, 0) is 24.1 Å². The largest absolute Gasteiger partial charge is 0.496 e. The molecule has 2 aromatic rings. The third kappa shape index (κ3) is 5.97. The lowest BCUT2D eigenvalue weighted by molar-refractivity contribution is 0.0166. The van der Waals surface area contributed by atoms with Crippen LogP contribution in [0.3, 0.4) is 0 Å². The van der Waals surface area contributed by atoms with E-state index in [2.05, 4.69) is 47.7 Å². The summed E-state index contributed by atoms with van der Waals surface area (Å²) in [5, 5.41) is 19.4. The highest BCUT2D eigenvalue weighted by Gasteiger charge is 2.43. The van der Waals surface area contributed by atoms with Crippen LogP contribution in [0.15, 0.2) is 30.3 Å². The molecular weight excluding hydrogens is 460 g/mol. The Morgan fingerprint density at radius 3 is 2.40 bits per heavy atom. The normalized spacial score (nSPS) is 17.5. The number of hydrogen-bond donors (Lipinski definition) is 2. The summed E-state index contributed by atoms with van der Waals surface area (Å²) in [6, 6.07) is 9.09. The van der Waals surface area contributed by atoms with E-state index in [1.165, 1.54) is 7.11 Å². The van der Waals surface area contributed by atoms with Gasteiger partial charge >= 0.3 is 0 Å². The van der Waals surface area contributed by atoms with Crippen LogP contribution in [0.4, 0.5) is 0 Å². The molecule has 0 aliphatic carbocycles. The van der Waals surface area contributed by atoms with Gasteiger partial charge in [0.05, 0.1) is 26.4 Å². The van der Waals surface area contributed by atoms with Gasteiger partial charge < -0.3 is 24.1 Å². The van der Waals surface area contributed by atoms with Crippen molar-refractivity contribution in [3.05, 3.63) is 58.1 Å². The zero-order valence-electron chi connectivity index (χ0n) is 22.3. The molecule has 0 amide bonds. The number of carbonyl (C=O) groups excluding carboxylic acids is 1. The fourth-order valence-electron chi connectivity index (χ4n) is 4.26. The second-order valence-electron chi connectivity index (χ2n) is 11.5. The van der Waals surface area contributed by atoms with Crippen molar-refractivity contribution in [1.82, 2.24) is 0 Å². The highest BCUT2D eigenvalue weighted by molar-refractivity contribution is 6.74. The van der Waals surface area contributed by atoms with Crippen LogP contribution in [0.2, 0.25) is 18.1 Å². The molecule has 1 atom stereocenters. The number of aliphatic hydroxyl groups is 2. The molecule has 0 aromatic heterocycles. The summed E-state index contributed by atoms with van der Waals surface area (Å²) < 4.78 is 18.4. The minimum Gasteiger partial charge on any atom is -0.496 e. The van der Waals surface area contributed by atoms with Crippen molar-refractivity contribution in [3.63, 3.8) is 0 Å². The van der Waals surface area contributed by atoms with Crippen molar-refractivity contribution in [2.45, 2.75) is 90.5 Å². The monoisotopic (exact) mass is 500 g/mol. The average Bonchev–Trinajstić information content (AvgIpc) is 2.76. The maximum Gasteiger partial charge on any atom is 0.192 e. The lowest BCUT2D eigenvalue weighted by Crippen LogP contribution is -2.45. The zero-order valence-corrected chi connectivity index (χ0v) is 23.3. The van der Waals surface area contributed by atoms with Gasteiger partial charge in [0, 0.05) is 29.5 Å². The van der Waals surface area contributed by atoms with E-state index in [9.17, 15) is 15.0 Å². The molecule has 3 rings (SSSR count). The number of carbonyl (C=O) groups is 1. The lowest BCUT2D eigenvalue weighted by atomic mass is 9.89. The van der Waals surface area contributed by atoms with E-state index in [4.69, 9.17) is 13.9 Å². The number of ether oxygens (including phenoxy) is 2. The fourth-order valence-corrected chi connectivity index (χ4v) is 5.53. The van der Waals surface area contributed by atoms with E-state index in [1.807, 2.05) is 12.1 Å². The topological polar surface area (TPSA) is 85.2 Å². The molecule has 1 heterocycles. The highest BCUT2D eigenvalue weighted by Crippen LogP contribution is 2.47. The smallest absolute Gasteiger partial charge is 0.192 e. The van der Waals surface area contributed by atoms with Crippen molar-refractivity contribution in [3.8, 4) is 11.5 Å². The summed E-state index contributed by atoms with van der Waals surface area (Å²) >= 11 is 0. The molecule has 2 aromatic carbocycles. The molecule has 1 unspecified atom stereocenters. The first-order valence-corrected chi connectivity index (χ1v) is 15.1. The Morgan fingerprint density at radius 1 is 1.14 bits per heavy atom. The number of aliphatic hydroxyl groups excluding tert-OH is 2. The van der Waals surface area contributed by atoms with Crippen molar-refractivity contribution >= 4 is 14.1 Å². The Kier molecular flexibility index (Phi) is 7.87. The summed E-state index contributed by atoms with van der Waals surface area (Å²) in [7, 11) is -0.549. The van der Waals surface area contributed by atoms with E-state index in [0.29, 0.717) is 28.9 Å². The van der Waals surface area contributed by atoms with Crippen molar-refractivity contribution in [1.29, 1.82) is 0 Å².